The van der Waals surface area contributed by atoms with E-state index in [4.69, 9.17) is 26.4 Å². The van der Waals surface area contributed by atoms with Crippen LogP contribution in [-0.4, -0.2) is 83.7 Å². The molecule has 3 rings (SSSR count). The van der Waals surface area contributed by atoms with Crippen molar-refractivity contribution < 1.29 is 14.3 Å². The van der Waals surface area contributed by atoms with Crippen LogP contribution in [0.3, 0.4) is 0 Å². The molecular weight excluding hydrogens is 409 g/mol. The number of nitrogens with one attached hydrogen (secondary N) is 1. The predicted molar refractivity (Wildman–Crippen MR) is 121 cm³/mol. The standard InChI is InChI=1S/C19H34N5O3PS/c1-19(2,3)28(23-7-11-26-12-8-23,24-9-13-27-14-10-24)22-18(29)21-20-16-5-4-6-17(25)15-16/h4-15H2,1-3H3,(H,21,29)/b20-16-. The van der Waals surface area contributed by atoms with Crippen LogP contribution in [0.25, 0.3) is 0 Å². The summed E-state index contributed by atoms with van der Waals surface area (Å²) in [6, 6.07) is 0. The van der Waals surface area contributed by atoms with Crippen molar-refractivity contribution in [2.45, 2.75) is 51.6 Å². The Morgan fingerprint density at radius 1 is 1.03 bits per heavy atom. The Morgan fingerprint density at radius 2 is 1.59 bits per heavy atom. The molecule has 2 heterocycles. The van der Waals surface area contributed by atoms with Gasteiger partial charge in [0.2, 0.25) is 5.11 Å². The molecule has 0 atom stereocenters. The molecule has 0 aromatic rings. The third-order valence-electron chi connectivity index (χ3n) is 5.53. The zero-order chi connectivity index (χ0) is 20.9. The number of morpholine rings is 2. The van der Waals surface area contributed by atoms with Crippen LogP contribution in [0.2, 0.25) is 0 Å². The van der Waals surface area contributed by atoms with Crippen LogP contribution >= 0.6 is 19.6 Å². The highest BCUT2D eigenvalue weighted by atomic mass is 32.1. The molecule has 164 valence electrons. The number of carbonyl (C=O) groups excluding carboxylic acids is 1. The maximum absolute atomic E-state index is 11.7. The number of rotatable bonds is 3. The van der Waals surface area contributed by atoms with Crippen molar-refractivity contribution in [2.75, 3.05) is 52.6 Å². The van der Waals surface area contributed by atoms with E-state index in [1.807, 2.05) is 0 Å². The van der Waals surface area contributed by atoms with Gasteiger partial charge in [0.1, 0.15) is 13.1 Å². The fourth-order valence-corrected chi connectivity index (χ4v) is 8.97. The topological polar surface area (TPSA) is 78.8 Å². The average Bonchev–Trinajstić information content (AvgIpc) is 2.71. The van der Waals surface area contributed by atoms with E-state index in [1.54, 1.807) is 0 Å². The van der Waals surface area contributed by atoms with Crippen LogP contribution in [0.15, 0.2) is 9.85 Å². The summed E-state index contributed by atoms with van der Waals surface area (Å²) in [6.07, 6.45) is 2.78. The van der Waals surface area contributed by atoms with Gasteiger partial charge in [-0.3, -0.25) is 19.6 Å². The second-order valence-corrected chi connectivity index (χ2v) is 12.8. The van der Waals surface area contributed by atoms with Crippen LogP contribution in [0, 0.1) is 0 Å². The number of hydrogen-bond donors (Lipinski definition) is 1. The van der Waals surface area contributed by atoms with E-state index in [2.05, 4.69) is 40.6 Å². The summed E-state index contributed by atoms with van der Waals surface area (Å²) in [4.78, 5) is 11.7. The molecule has 0 aromatic carbocycles. The van der Waals surface area contributed by atoms with Crippen molar-refractivity contribution in [1.82, 2.24) is 14.8 Å². The summed E-state index contributed by atoms with van der Waals surface area (Å²) in [7, 11) is -2.18. The summed E-state index contributed by atoms with van der Waals surface area (Å²) < 4.78 is 21.4. The lowest BCUT2D eigenvalue weighted by Crippen LogP contribution is -2.48. The van der Waals surface area contributed by atoms with Gasteiger partial charge in [-0.1, -0.05) is 20.8 Å². The quantitative estimate of drug-likeness (QED) is 0.408. The molecule has 0 bridgehead atoms. The fourth-order valence-electron chi connectivity index (χ4n) is 4.23. The van der Waals surface area contributed by atoms with Gasteiger partial charge in [0.05, 0.1) is 26.4 Å². The number of carbonyl (C=O) groups is 1. The Hall–Kier alpha value is -0.700. The van der Waals surface area contributed by atoms with Crippen LogP contribution in [-0.2, 0) is 14.3 Å². The Kier molecular flexibility index (Phi) is 7.98. The van der Waals surface area contributed by atoms with Gasteiger partial charge >= 0.3 is 0 Å². The molecule has 3 aliphatic rings. The molecule has 3 fully saturated rings. The van der Waals surface area contributed by atoms with Gasteiger partial charge in [0.15, 0.2) is 0 Å². The van der Waals surface area contributed by atoms with E-state index in [-0.39, 0.29) is 10.9 Å². The average molecular weight is 444 g/mol. The van der Waals surface area contributed by atoms with Gasteiger partial charge in [-0.15, -0.1) is 0 Å². The third kappa shape index (κ3) is 5.51. The van der Waals surface area contributed by atoms with E-state index in [0.717, 1.165) is 44.7 Å². The maximum atomic E-state index is 11.7. The predicted octanol–water partition coefficient (Wildman–Crippen LogP) is 2.85. The van der Waals surface area contributed by atoms with E-state index in [9.17, 15) is 4.79 Å². The first-order valence-corrected chi connectivity index (χ1v) is 12.5. The van der Waals surface area contributed by atoms with Crippen molar-refractivity contribution in [3.63, 3.8) is 0 Å². The van der Waals surface area contributed by atoms with Crippen LogP contribution in [0.1, 0.15) is 46.5 Å². The second kappa shape index (κ2) is 10.1. The molecule has 0 aromatic heterocycles. The lowest BCUT2D eigenvalue weighted by molar-refractivity contribution is -0.118. The summed E-state index contributed by atoms with van der Waals surface area (Å²) in [5.74, 6) is 0.248. The second-order valence-electron chi connectivity index (χ2n) is 8.64. The molecule has 0 radical (unpaired) electrons. The molecule has 2 aliphatic heterocycles. The molecule has 0 amide bonds. The highest BCUT2D eigenvalue weighted by molar-refractivity contribution is 7.81. The molecule has 0 spiro atoms. The van der Waals surface area contributed by atoms with Gasteiger partial charge < -0.3 is 9.47 Å². The number of Topliss-reactive ketones (excluding diaryl/α,β-unsaturated/α-hetero) is 1. The molecule has 10 heteroatoms. The van der Waals surface area contributed by atoms with Crippen molar-refractivity contribution in [1.29, 1.82) is 0 Å². The number of ketones is 1. The first kappa shape index (κ1) is 23.0. The monoisotopic (exact) mass is 443 g/mol. The molecule has 1 N–H and O–H groups in total. The maximum Gasteiger partial charge on any atom is 0.214 e. The lowest BCUT2D eigenvalue weighted by Gasteiger charge is -2.52. The molecule has 0 unspecified atom stereocenters. The van der Waals surface area contributed by atoms with Crippen molar-refractivity contribution >= 4 is 36.2 Å². The van der Waals surface area contributed by atoms with E-state index < -0.39 is 7.36 Å². The van der Waals surface area contributed by atoms with Crippen LogP contribution in [0.4, 0.5) is 0 Å². The molecule has 1 saturated carbocycles. The van der Waals surface area contributed by atoms with Crippen molar-refractivity contribution in [2.24, 2.45) is 9.85 Å². The van der Waals surface area contributed by atoms with Crippen molar-refractivity contribution in [3.05, 3.63) is 0 Å². The Morgan fingerprint density at radius 3 is 2.07 bits per heavy atom. The van der Waals surface area contributed by atoms with Gasteiger partial charge in [-0.25, -0.2) is 4.74 Å². The molecule has 8 nitrogen and oxygen atoms in total. The zero-order valence-electron chi connectivity index (χ0n) is 17.9. The number of thiocarbonyl (C=S) groups is 1. The Balaban J connectivity index is 1.92. The number of hydrogen-bond acceptors (Lipinski definition) is 5. The number of hydrazone groups is 1. The van der Waals surface area contributed by atoms with Gasteiger partial charge in [-0.2, -0.15) is 5.10 Å². The summed E-state index contributed by atoms with van der Waals surface area (Å²) in [5, 5.41) is 4.74. The number of nitrogens with zero attached hydrogens (tertiary/aromatic N) is 4. The van der Waals surface area contributed by atoms with Gasteiger partial charge in [0.25, 0.3) is 0 Å². The van der Waals surface area contributed by atoms with Crippen molar-refractivity contribution in [3.8, 4) is 0 Å². The Labute approximate surface area is 179 Å². The highest BCUT2D eigenvalue weighted by Crippen LogP contribution is 2.66. The zero-order valence-corrected chi connectivity index (χ0v) is 19.6. The smallest absolute Gasteiger partial charge is 0.214 e. The van der Waals surface area contributed by atoms with E-state index in [0.29, 0.717) is 44.4 Å². The fraction of sp³-hybridized carbons (Fsp3) is 0.842. The normalized spacial score (nSPS) is 24.5. The van der Waals surface area contributed by atoms with Crippen LogP contribution < -0.4 is 5.43 Å². The van der Waals surface area contributed by atoms with E-state index in [1.165, 1.54) is 0 Å². The van der Waals surface area contributed by atoms with Gasteiger partial charge in [-0.05, 0) is 25.1 Å². The van der Waals surface area contributed by atoms with Gasteiger partial charge in [0, 0.05) is 49.9 Å². The van der Waals surface area contributed by atoms with E-state index >= 15 is 0 Å². The SMILES string of the molecule is CC(C)(C)P(=NC(=S)N/N=C1/CCCC(=O)C1)(N1CCOCC1)N1CCOCC1. The Bertz CT molecular complexity index is 672. The largest absolute Gasteiger partial charge is 0.379 e. The minimum atomic E-state index is -2.18. The minimum Gasteiger partial charge on any atom is -0.379 e. The lowest BCUT2D eigenvalue weighted by atomic mass is 9.97. The summed E-state index contributed by atoms with van der Waals surface area (Å²) in [5.41, 5.74) is 3.86. The summed E-state index contributed by atoms with van der Waals surface area (Å²) in [6.45, 7) is 13.0. The third-order valence-corrected chi connectivity index (χ3v) is 10.5. The number of ether oxygens (including phenoxy) is 2. The highest BCUT2D eigenvalue weighted by Gasteiger charge is 2.45. The first-order chi connectivity index (χ1) is 13.8. The summed E-state index contributed by atoms with van der Waals surface area (Å²) >= 11 is 5.65. The first-order valence-electron chi connectivity index (χ1n) is 10.5. The molecule has 2 saturated heterocycles. The molecule has 1 aliphatic carbocycles. The molecular formula is C19H34N5O3PS. The minimum absolute atomic E-state index is 0.0959. The van der Waals surface area contributed by atoms with Crippen LogP contribution in [0.5, 0.6) is 0 Å². The molecule has 29 heavy (non-hydrogen) atoms.